The number of hydrogen-bond acceptors (Lipinski definition) is 2. The van der Waals surface area contributed by atoms with Crippen molar-refractivity contribution in [3.8, 4) is 11.5 Å². The third-order valence-corrected chi connectivity index (χ3v) is 4.44. The Hall–Kier alpha value is -0.383. The molecule has 0 atom stereocenters. The molecule has 0 aliphatic heterocycles. The van der Waals surface area contributed by atoms with E-state index in [0.717, 1.165) is 10.9 Å². The Bertz CT molecular complexity index is 323. The third kappa shape index (κ3) is 2.56. The first-order valence-electron chi connectivity index (χ1n) is 4.09. The summed E-state index contributed by atoms with van der Waals surface area (Å²) in [5.74, 6) is 1.45. The summed E-state index contributed by atoms with van der Waals surface area (Å²) in [7, 11) is 3.20. The van der Waals surface area contributed by atoms with Gasteiger partial charge in [0.15, 0.2) is 0 Å². The molecule has 0 heterocycles. The van der Waals surface area contributed by atoms with Crippen molar-refractivity contribution in [2.75, 3.05) is 14.2 Å². The van der Waals surface area contributed by atoms with Crippen LogP contribution in [0.25, 0.3) is 0 Å². The minimum atomic E-state index is -2.41. The molecule has 0 saturated carbocycles. The van der Waals surface area contributed by atoms with Crippen molar-refractivity contribution in [1.29, 1.82) is 0 Å². The molecule has 0 spiro atoms. The summed E-state index contributed by atoms with van der Waals surface area (Å²) in [4.78, 5) is 0. The first kappa shape index (κ1) is 11.7. The molecule has 0 radical (unpaired) electrons. The summed E-state index contributed by atoms with van der Waals surface area (Å²) >= 11 is 12.3. The first-order valence-corrected chi connectivity index (χ1v) is 8.61. The van der Waals surface area contributed by atoms with E-state index in [2.05, 4.69) is 0 Å². The van der Waals surface area contributed by atoms with Crippen LogP contribution in [0.3, 0.4) is 0 Å². The van der Waals surface area contributed by atoms with Gasteiger partial charge >= 0.3 is 0 Å². The van der Waals surface area contributed by atoms with E-state index in [9.17, 15) is 0 Å². The second-order valence-corrected chi connectivity index (χ2v) is 10.4. The van der Waals surface area contributed by atoms with Crippen molar-refractivity contribution in [3.05, 3.63) is 18.2 Å². The first-order chi connectivity index (χ1) is 6.49. The molecule has 0 bridgehead atoms. The fraction of sp³-hybridized carbons (Fsp3) is 0.333. The normalized spacial score (nSPS) is 11.2. The van der Waals surface area contributed by atoms with Gasteiger partial charge in [0.25, 0.3) is 6.69 Å². The summed E-state index contributed by atoms with van der Waals surface area (Å²) in [6.07, 6.45) is 0. The molecule has 0 unspecified atom stereocenters. The molecule has 1 aromatic carbocycles. The molecule has 0 amide bonds. The SMILES string of the molecule is COc1ccc(OC)c([Si](C)(Cl)Cl)c1. The molecule has 5 heteroatoms. The summed E-state index contributed by atoms with van der Waals surface area (Å²) in [5.41, 5.74) is 0. The number of ether oxygens (including phenoxy) is 2. The Labute approximate surface area is 94.2 Å². The zero-order valence-corrected chi connectivity index (χ0v) is 10.8. The van der Waals surface area contributed by atoms with Crippen LogP contribution in [0.1, 0.15) is 0 Å². The van der Waals surface area contributed by atoms with Crippen LogP contribution in [0.5, 0.6) is 11.5 Å². The van der Waals surface area contributed by atoms with Gasteiger partial charge in [-0.05, 0) is 24.7 Å². The van der Waals surface area contributed by atoms with Gasteiger partial charge in [0.1, 0.15) is 11.5 Å². The molecule has 78 valence electrons. The Morgan fingerprint density at radius 1 is 1.14 bits per heavy atom. The van der Waals surface area contributed by atoms with Crippen molar-refractivity contribution in [1.82, 2.24) is 0 Å². The number of hydrogen-bond donors (Lipinski definition) is 0. The van der Waals surface area contributed by atoms with Gasteiger partial charge in [-0.2, -0.15) is 0 Å². The van der Waals surface area contributed by atoms with E-state index < -0.39 is 6.69 Å². The van der Waals surface area contributed by atoms with Gasteiger partial charge in [0.2, 0.25) is 0 Å². The maximum Gasteiger partial charge on any atom is 0.281 e. The smallest absolute Gasteiger partial charge is 0.281 e. The lowest BCUT2D eigenvalue weighted by atomic mass is 10.3. The van der Waals surface area contributed by atoms with Gasteiger partial charge in [-0.15, -0.1) is 22.2 Å². The van der Waals surface area contributed by atoms with Gasteiger partial charge < -0.3 is 9.47 Å². The van der Waals surface area contributed by atoms with Crippen LogP contribution in [0.15, 0.2) is 18.2 Å². The molecule has 0 fully saturated rings. The molecular formula is C9H12Cl2O2Si. The minimum Gasteiger partial charge on any atom is -0.497 e. The summed E-state index contributed by atoms with van der Waals surface area (Å²) in [6.45, 7) is -0.580. The Morgan fingerprint density at radius 2 is 1.79 bits per heavy atom. The monoisotopic (exact) mass is 250 g/mol. The van der Waals surface area contributed by atoms with Crippen LogP contribution in [0, 0.1) is 0 Å². The molecular weight excluding hydrogens is 239 g/mol. The van der Waals surface area contributed by atoms with Crippen molar-refractivity contribution >= 4 is 34.0 Å². The molecule has 14 heavy (non-hydrogen) atoms. The van der Waals surface area contributed by atoms with Crippen LogP contribution in [0.4, 0.5) is 0 Å². The van der Waals surface area contributed by atoms with Gasteiger partial charge in [0.05, 0.1) is 14.2 Å². The van der Waals surface area contributed by atoms with E-state index in [4.69, 9.17) is 31.6 Å². The zero-order chi connectivity index (χ0) is 10.8. The molecule has 0 aromatic heterocycles. The van der Waals surface area contributed by atoms with E-state index in [-0.39, 0.29) is 0 Å². The number of rotatable bonds is 3. The van der Waals surface area contributed by atoms with Gasteiger partial charge in [-0.1, -0.05) is 0 Å². The molecule has 2 nitrogen and oxygen atoms in total. The molecule has 1 rings (SSSR count). The average molecular weight is 251 g/mol. The van der Waals surface area contributed by atoms with E-state index in [1.54, 1.807) is 14.2 Å². The summed E-state index contributed by atoms with van der Waals surface area (Å²) in [6, 6.07) is 5.45. The maximum atomic E-state index is 6.14. The molecule has 0 saturated heterocycles. The Morgan fingerprint density at radius 3 is 2.21 bits per heavy atom. The van der Waals surface area contributed by atoms with E-state index in [1.807, 2.05) is 24.7 Å². The second kappa shape index (κ2) is 4.42. The lowest BCUT2D eigenvalue weighted by Crippen LogP contribution is -2.33. The van der Waals surface area contributed by atoms with Gasteiger partial charge in [-0.25, -0.2) is 0 Å². The van der Waals surface area contributed by atoms with Crippen molar-refractivity contribution in [2.24, 2.45) is 0 Å². The highest BCUT2D eigenvalue weighted by Crippen LogP contribution is 2.24. The summed E-state index contributed by atoms with van der Waals surface area (Å²) in [5, 5.41) is 0.836. The van der Waals surface area contributed by atoms with Crippen molar-refractivity contribution < 1.29 is 9.47 Å². The highest BCUT2D eigenvalue weighted by atomic mass is 35.7. The van der Waals surface area contributed by atoms with E-state index in [0.29, 0.717) is 5.75 Å². The standard InChI is InChI=1S/C9H12Cl2O2Si/c1-12-7-4-5-8(13-2)9(6-7)14(3,10)11/h4-6H,1-3H3. The van der Waals surface area contributed by atoms with Crippen molar-refractivity contribution in [2.45, 2.75) is 6.55 Å². The van der Waals surface area contributed by atoms with Gasteiger partial charge in [0, 0.05) is 5.19 Å². The van der Waals surface area contributed by atoms with E-state index >= 15 is 0 Å². The number of halogens is 2. The van der Waals surface area contributed by atoms with Gasteiger partial charge in [-0.3, -0.25) is 0 Å². The lowest BCUT2D eigenvalue weighted by Gasteiger charge is -2.16. The predicted octanol–water partition coefficient (Wildman–Crippen LogP) is 2.46. The quantitative estimate of drug-likeness (QED) is 0.607. The van der Waals surface area contributed by atoms with Crippen LogP contribution >= 0.6 is 22.2 Å². The maximum absolute atomic E-state index is 6.14. The summed E-state index contributed by atoms with van der Waals surface area (Å²) < 4.78 is 10.3. The average Bonchev–Trinajstić information content (AvgIpc) is 2.15. The Kier molecular flexibility index (Phi) is 3.69. The lowest BCUT2D eigenvalue weighted by molar-refractivity contribution is 0.405. The van der Waals surface area contributed by atoms with E-state index in [1.165, 1.54) is 0 Å². The highest BCUT2D eigenvalue weighted by molar-refractivity contribution is 7.50. The topological polar surface area (TPSA) is 18.5 Å². The molecule has 0 aliphatic carbocycles. The van der Waals surface area contributed by atoms with Crippen molar-refractivity contribution in [3.63, 3.8) is 0 Å². The predicted molar refractivity (Wildman–Crippen MR) is 62.5 cm³/mol. The fourth-order valence-corrected chi connectivity index (χ4v) is 3.06. The molecule has 0 N–H and O–H groups in total. The van der Waals surface area contributed by atoms with Crippen LogP contribution in [-0.4, -0.2) is 20.9 Å². The van der Waals surface area contributed by atoms with Crippen LogP contribution < -0.4 is 14.7 Å². The fourth-order valence-electron chi connectivity index (χ4n) is 1.16. The Balaban J connectivity index is 3.22. The molecule has 0 aliphatic rings. The zero-order valence-electron chi connectivity index (χ0n) is 8.30. The number of methoxy groups -OCH3 is 2. The largest absolute Gasteiger partial charge is 0.497 e. The van der Waals surface area contributed by atoms with Crippen LogP contribution in [-0.2, 0) is 0 Å². The second-order valence-electron chi connectivity index (χ2n) is 2.95. The highest BCUT2D eigenvalue weighted by Gasteiger charge is 2.28. The molecule has 1 aromatic rings. The third-order valence-electron chi connectivity index (χ3n) is 1.88. The van der Waals surface area contributed by atoms with Crippen LogP contribution in [0.2, 0.25) is 6.55 Å². The minimum absolute atomic E-state index is 0.713. The number of benzene rings is 1.